The third-order valence-electron chi connectivity index (χ3n) is 4.75. The summed E-state index contributed by atoms with van der Waals surface area (Å²) < 4.78 is 0. The molecule has 0 atom stereocenters. The maximum atomic E-state index is 11.3. The van der Waals surface area contributed by atoms with E-state index in [0.717, 1.165) is 54.3 Å². The molecule has 152 valence electrons. The summed E-state index contributed by atoms with van der Waals surface area (Å²) in [6, 6.07) is 0.409. The highest BCUT2D eigenvalue weighted by molar-refractivity contribution is 7.14. The van der Waals surface area contributed by atoms with E-state index >= 15 is 0 Å². The number of amides is 1. The third kappa shape index (κ3) is 5.72. The SMILES string of the molecule is Cc1nccnc1-c1csc(NC2CCC(CN(C=O)OC(C)(C)C)CC2)n1. The van der Waals surface area contributed by atoms with Crippen LogP contribution >= 0.6 is 11.3 Å². The summed E-state index contributed by atoms with van der Waals surface area (Å²) >= 11 is 1.60. The number of hydroxylamine groups is 2. The van der Waals surface area contributed by atoms with E-state index in [0.29, 0.717) is 18.5 Å². The van der Waals surface area contributed by atoms with Gasteiger partial charge in [-0.1, -0.05) is 0 Å². The molecule has 2 aromatic rings. The molecule has 0 aromatic carbocycles. The van der Waals surface area contributed by atoms with E-state index in [1.54, 1.807) is 23.7 Å². The van der Waals surface area contributed by atoms with Crippen molar-refractivity contribution in [1.29, 1.82) is 0 Å². The van der Waals surface area contributed by atoms with Gasteiger partial charge in [-0.15, -0.1) is 11.3 Å². The van der Waals surface area contributed by atoms with E-state index in [2.05, 4.69) is 20.3 Å². The van der Waals surface area contributed by atoms with Crippen LogP contribution in [0.5, 0.6) is 0 Å². The molecule has 2 heterocycles. The normalized spacial score (nSPS) is 20.0. The van der Waals surface area contributed by atoms with Crippen molar-refractivity contribution in [3.63, 3.8) is 0 Å². The Balaban J connectivity index is 1.50. The van der Waals surface area contributed by atoms with Gasteiger partial charge in [-0.3, -0.25) is 19.6 Å². The first-order valence-electron chi connectivity index (χ1n) is 9.75. The number of thiazole rings is 1. The molecule has 8 heteroatoms. The van der Waals surface area contributed by atoms with Gasteiger partial charge in [-0.25, -0.2) is 10.0 Å². The average molecular weight is 404 g/mol. The van der Waals surface area contributed by atoms with Crippen LogP contribution in [0.2, 0.25) is 0 Å². The van der Waals surface area contributed by atoms with E-state index in [-0.39, 0.29) is 5.60 Å². The van der Waals surface area contributed by atoms with Gasteiger partial charge in [0.1, 0.15) is 11.4 Å². The van der Waals surface area contributed by atoms with Crippen molar-refractivity contribution in [2.75, 3.05) is 11.9 Å². The highest BCUT2D eigenvalue weighted by atomic mass is 32.1. The van der Waals surface area contributed by atoms with Gasteiger partial charge in [0.25, 0.3) is 0 Å². The number of aryl methyl sites for hydroxylation is 1. The second-order valence-electron chi connectivity index (χ2n) is 8.30. The van der Waals surface area contributed by atoms with Gasteiger partial charge in [0, 0.05) is 23.8 Å². The number of anilines is 1. The Hall–Kier alpha value is -2.06. The van der Waals surface area contributed by atoms with Crippen molar-refractivity contribution in [1.82, 2.24) is 20.0 Å². The molecule has 0 radical (unpaired) electrons. The largest absolute Gasteiger partial charge is 0.359 e. The minimum absolute atomic E-state index is 0.357. The molecule has 1 aliphatic rings. The molecule has 1 saturated carbocycles. The van der Waals surface area contributed by atoms with Crippen LogP contribution in [0.4, 0.5) is 5.13 Å². The summed E-state index contributed by atoms with van der Waals surface area (Å²) in [4.78, 5) is 30.3. The van der Waals surface area contributed by atoms with E-state index in [9.17, 15) is 4.79 Å². The molecule has 0 saturated heterocycles. The molecule has 7 nitrogen and oxygen atoms in total. The second-order valence-corrected chi connectivity index (χ2v) is 9.16. The first-order chi connectivity index (χ1) is 13.3. The lowest BCUT2D eigenvalue weighted by molar-refractivity contribution is -0.220. The summed E-state index contributed by atoms with van der Waals surface area (Å²) in [6.45, 7) is 8.46. The molecule has 0 spiro atoms. The Labute approximate surface area is 170 Å². The molecule has 0 bridgehead atoms. The van der Waals surface area contributed by atoms with E-state index < -0.39 is 0 Å². The molecule has 0 unspecified atom stereocenters. The summed E-state index contributed by atoms with van der Waals surface area (Å²) in [6.07, 6.45) is 8.44. The predicted octanol–water partition coefficient (Wildman–Crippen LogP) is 4.07. The molecule has 1 N–H and O–H groups in total. The number of rotatable bonds is 7. The fraction of sp³-hybridized carbons (Fsp3) is 0.600. The highest BCUT2D eigenvalue weighted by Gasteiger charge is 2.25. The molecular weight excluding hydrogens is 374 g/mol. The Morgan fingerprint density at radius 2 is 1.96 bits per heavy atom. The molecule has 2 aromatic heterocycles. The standard InChI is InChI=1S/C20H29N5O2S/c1-14-18(22-10-9-21-14)17-12-28-19(24-17)23-16-7-5-15(6-8-16)11-25(13-26)27-20(2,3)4/h9-10,12-13,15-16H,5-8,11H2,1-4H3,(H,23,24). The molecule has 1 fully saturated rings. The van der Waals surface area contributed by atoms with E-state index in [1.807, 2.05) is 33.1 Å². The zero-order chi connectivity index (χ0) is 20.1. The van der Waals surface area contributed by atoms with Crippen LogP contribution < -0.4 is 5.32 Å². The van der Waals surface area contributed by atoms with Crippen LogP contribution in [0, 0.1) is 12.8 Å². The quantitative estimate of drug-likeness (QED) is 0.554. The average Bonchev–Trinajstić information content (AvgIpc) is 3.10. The van der Waals surface area contributed by atoms with Crippen molar-refractivity contribution in [3.05, 3.63) is 23.5 Å². The fourth-order valence-electron chi connectivity index (χ4n) is 3.48. The number of hydrogen-bond acceptors (Lipinski definition) is 7. The number of carbonyl (C=O) groups is 1. The summed E-state index contributed by atoms with van der Waals surface area (Å²) in [5, 5.41) is 7.96. The van der Waals surface area contributed by atoms with Gasteiger partial charge in [0.05, 0.1) is 17.8 Å². The van der Waals surface area contributed by atoms with Crippen molar-refractivity contribution >= 4 is 22.9 Å². The number of nitrogens with zero attached hydrogens (tertiary/aromatic N) is 4. The smallest absolute Gasteiger partial charge is 0.233 e. The van der Waals surface area contributed by atoms with Crippen molar-refractivity contribution in [2.45, 2.75) is 65.0 Å². The number of nitrogens with one attached hydrogen (secondary N) is 1. The van der Waals surface area contributed by atoms with E-state index in [1.165, 1.54) is 5.06 Å². The maximum Gasteiger partial charge on any atom is 0.233 e. The van der Waals surface area contributed by atoms with Gasteiger partial charge in [0.15, 0.2) is 5.13 Å². The Morgan fingerprint density at radius 3 is 2.61 bits per heavy atom. The third-order valence-corrected chi connectivity index (χ3v) is 5.52. The first-order valence-corrected chi connectivity index (χ1v) is 10.6. The summed E-state index contributed by atoms with van der Waals surface area (Å²) in [7, 11) is 0. The molecule has 3 rings (SSSR count). The Kier molecular flexibility index (Phi) is 6.61. The zero-order valence-corrected chi connectivity index (χ0v) is 17.8. The number of hydrogen-bond donors (Lipinski definition) is 1. The van der Waals surface area contributed by atoms with Gasteiger partial charge in [0.2, 0.25) is 6.41 Å². The molecule has 28 heavy (non-hydrogen) atoms. The number of aromatic nitrogens is 3. The topological polar surface area (TPSA) is 80.2 Å². The molecule has 1 amide bonds. The predicted molar refractivity (Wildman–Crippen MR) is 111 cm³/mol. The van der Waals surface area contributed by atoms with Gasteiger partial charge in [-0.2, -0.15) is 0 Å². The summed E-state index contributed by atoms with van der Waals surface area (Å²) in [5.41, 5.74) is 2.23. The van der Waals surface area contributed by atoms with E-state index in [4.69, 9.17) is 4.84 Å². The first kappa shape index (κ1) is 20.7. The zero-order valence-electron chi connectivity index (χ0n) is 17.0. The van der Waals surface area contributed by atoms with Crippen LogP contribution in [0.3, 0.4) is 0 Å². The lowest BCUT2D eigenvalue weighted by atomic mass is 9.86. The second kappa shape index (κ2) is 8.96. The van der Waals surface area contributed by atoms with Crippen LogP contribution in [-0.2, 0) is 9.63 Å². The van der Waals surface area contributed by atoms with Gasteiger partial charge in [-0.05, 0) is 59.3 Å². The molecule has 1 aliphatic carbocycles. The Bertz CT molecular complexity index is 781. The minimum Gasteiger partial charge on any atom is -0.359 e. The lowest BCUT2D eigenvalue weighted by Gasteiger charge is -2.33. The Morgan fingerprint density at radius 1 is 1.25 bits per heavy atom. The van der Waals surface area contributed by atoms with Crippen molar-refractivity contribution in [3.8, 4) is 11.4 Å². The van der Waals surface area contributed by atoms with Gasteiger partial charge >= 0.3 is 0 Å². The number of carbonyl (C=O) groups excluding carboxylic acids is 1. The highest BCUT2D eigenvalue weighted by Crippen LogP contribution is 2.30. The van der Waals surface area contributed by atoms with Crippen molar-refractivity contribution in [2.24, 2.45) is 5.92 Å². The fourth-order valence-corrected chi connectivity index (χ4v) is 4.25. The van der Waals surface area contributed by atoms with Crippen LogP contribution in [0.15, 0.2) is 17.8 Å². The van der Waals surface area contributed by atoms with Crippen LogP contribution in [-0.4, -0.2) is 44.6 Å². The lowest BCUT2D eigenvalue weighted by Crippen LogP contribution is -2.38. The van der Waals surface area contributed by atoms with Crippen molar-refractivity contribution < 1.29 is 9.63 Å². The monoisotopic (exact) mass is 403 g/mol. The maximum absolute atomic E-state index is 11.3. The summed E-state index contributed by atoms with van der Waals surface area (Å²) in [5.74, 6) is 0.472. The molecular formula is C20H29N5O2S. The van der Waals surface area contributed by atoms with Gasteiger partial charge < -0.3 is 5.32 Å². The minimum atomic E-state index is -0.357. The molecule has 0 aliphatic heterocycles. The van der Waals surface area contributed by atoms with Crippen LogP contribution in [0.1, 0.15) is 52.1 Å². The van der Waals surface area contributed by atoms with Crippen LogP contribution in [0.25, 0.3) is 11.4 Å².